The lowest BCUT2D eigenvalue weighted by Gasteiger charge is -2.38. The zero-order chi connectivity index (χ0) is 16.2. The summed E-state index contributed by atoms with van der Waals surface area (Å²) >= 11 is 0. The molecule has 120 valence electrons. The second-order valence-corrected chi connectivity index (χ2v) is 6.49. The number of carbonyl (C=O) groups excluding carboxylic acids is 2. The minimum Gasteiger partial charge on any atom is -0.444 e. The number of amides is 1. The highest BCUT2D eigenvalue weighted by Gasteiger charge is 2.29. The zero-order valence-electron chi connectivity index (χ0n) is 13.5. The topological polar surface area (TPSA) is 49.9 Å². The van der Waals surface area contributed by atoms with E-state index in [4.69, 9.17) is 4.74 Å². The van der Waals surface area contributed by atoms with E-state index in [-0.39, 0.29) is 12.1 Å². The highest BCUT2D eigenvalue weighted by Crippen LogP contribution is 2.20. The van der Waals surface area contributed by atoms with Crippen molar-refractivity contribution in [1.82, 2.24) is 9.80 Å². The van der Waals surface area contributed by atoms with E-state index in [0.29, 0.717) is 26.2 Å². The number of hydrogen-bond donors (Lipinski definition) is 0. The van der Waals surface area contributed by atoms with Crippen LogP contribution < -0.4 is 0 Å². The molecule has 0 aliphatic carbocycles. The Labute approximate surface area is 131 Å². The number of hydrogen-bond acceptors (Lipinski definition) is 4. The second-order valence-electron chi connectivity index (χ2n) is 6.49. The van der Waals surface area contributed by atoms with E-state index in [1.807, 2.05) is 51.1 Å². The molecule has 0 saturated carbocycles. The van der Waals surface area contributed by atoms with Crippen LogP contribution in [0.5, 0.6) is 0 Å². The van der Waals surface area contributed by atoms with Gasteiger partial charge in [0, 0.05) is 26.2 Å². The molecule has 1 atom stereocenters. The summed E-state index contributed by atoms with van der Waals surface area (Å²) < 4.78 is 5.38. The lowest BCUT2D eigenvalue weighted by Crippen LogP contribution is -2.51. The highest BCUT2D eigenvalue weighted by atomic mass is 16.6. The first kappa shape index (κ1) is 16.5. The molecule has 1 aliphatic heterocycles. The third-order valence-corrected chi connectivity index (χ3v) is 3.63. The Balaban J connectivity index is 1.94. The average molecular weight is 304 g/mol. The molecule has 1 amide bonds. The van der Waals surface area contributed by atoms with Gasteiger partial charge < -0.3 is 14.4 Å². The maximum absolute atomic E-state index is 12.0. The lowest BCUT2D eigenvalue weighted by atomic mass is 10.1. The fraction of sp³-hybridized carbons (Fsp3) is 0.529. The van der Waals surface area contributed by atoms with Crippen molar-refractivity contribution in [1.29, 1.82) is 0 Å². The summed E-state index contributed by atoms with van der Waals surface area (Å²) in [5.41, 5.74) is 0.507. The van der Waals surface area contributed by atoms with Crippen molar-refractivity contribution in [3.63, 3.8) is 0 Å². The van der Waals surface area contributed by atoms with Crippen LogP contribution in [0.2, 0.25) is 0 Å². The maximum Gasteiger partial charge on any atom is 0.410 e. The first-order valence-corrected chi connectivity index (χ1v) is 7.63. The molecule has 1 fully saturated rings. The van der Waals surface area contributed by atoms with Crippen molar-refractivity contribution in [2.75, 3.05) is 26.2 Å². The van der Waals surface area contributed by atoms with Crippen molar-refractivity contribution in [2.24, 2.45) is 0 Å². The molecule has 22 heavy (non-hydrogen) atoms. The van der Waals surface area contributed by atoms with Crippen LogP contribution in [0.4, 0.5) is 4.79 Å². The van der Waals surface area contributed by atoms with Crippen LogP contribution in [-0.4, -0.2) is 54.0 Å². The molecule has 5 heteroatoms. The SMILES string of the molecule is CC(C)(C)OC(=O)N1CCN(C(C=O)c2ccccc2)CC1. The van der Waals surface area contributed by atoms with E-state index in [1.165, 1.54) is 0 Å². The number of benzene rings is 1. The van der Waals surface area contributed by atoms with E-state index in [2.05, 4.69) is 4.90 Å². The van der Waals surface area contributed by atoms with E-state index in [1.54, 1.807) is 4.90 Å². The molecule has 0 bridgehead atoms. The Kier molecular flexibility index (Phi) is 5.19. The Morgan fingerprint density at radius 3 is 2.23 bits per heavy atom. The van der Waals surface area contributed by atoms with Crippen molar-refractivity contribution in [3.8, 4) is 0 Å². The number of aldehydes is 1. The Morgan fingerprint density at radius 2 is 1.73 bits per heavy atom. The fourth-order valence-corrected chi connectivity index (χ4v) is 2.53. The predicted octanol–water partition coefficient (Wildman–Crippen LogP) is 2.48. The molecule has 1 heterocycles. The molecule has 1 aromatic rings. The van der Waals surface area contributed by atoms with E-state index >= 15 is 0 Å². The molecule has 0 N–H and O–H groups in total. The standard InChI is InChI=1S/C17H24N2O3/c1-17(2,3)22-16(21)19-11-9-18(10-12-19)15(13-20)14-7-5-4-6-8-14/h4-8,13,15H,9-12H2,1-3H3. The van der Waals surface area contributed by atoms with E-state index < -0.39 is 5.60 Å². The van der Waals surface area contributed by atoms with Crippen LogP contribution in [0.25, 0.3) is 0 Å². The summed E-state index contributed by atoms with van der Waals surface area (Å²) in [4.78, 5) is 27.3. The largest absolute Gasteiger partial charge is 0.444 e. The van der Waals surface area contributed by atoms with Gasteiger partial charge in [-0.2, -0.15) is 0 Å². The molecule has 2 rings (SSSR count). The van der Waals surface area contributed by atoms with Gasteiger partial charge in [-0.05, 0) is 26.3 Å². The smallest absolute Gasteiger partial charge is 0.410 e. The van der Waals surface area contributed by atoms with Crippen LogP contribution >= 0.6 is 0 Å². The number of piperazine rings is 1. The summed E-state index contributed by atoms with van der Waals surface area (Å²) in [5.74, 6) is 0. The molecule has 1 saturated heterocycles. The quantitative estimate of drug-likeness (QED) is 0.805. The minimum atomic E-state index is -0.483. The molecule has 1 aromatic carbocycles. The second kappa shape index (κ2) is 6.92. The van der Waals surface area contributed by atoms with Gasteiger partial charge in [0.2, 0.25) is 0 Å². The first-order valence-electron chi connectivity index (χ1n) is 7.63. The summed E-state index contributed by atoms with van der Waals surface area (Å²) in [6, 6.07) is 9.47. The van der Waals surface area contributed by atoms with Gasteiger partial charge in [0.05, 0.1) is 6.04 Å². The first-order chi connectivity index (χ1) is 10.4. The van der Waals surface area contributed by atoms with Crippen LogP contribution in [0.3, 0.4) is 0 Å². The molecular weight excluding hydrogens is 280 g/mol. The van der Waals surface area contributed by atoms with Crippen LogP contribution in [-0.2, 0) is 9.53 Å². The van der Waals surface area contributed by atoms with Gasteiger partial charge in [-0.15, -0.1) is 0 Å². The summed E-state index contributed by atoms with van der Waals surface area (Å²) in [7, 11) is 0. The fourth-order valence-electron chi connectivity index (χ4n) is 2.53. The van der Waals surface area contributed by atoms with Gasteiger partial charge in [0.15, 0.2) is 0 Å². The zero-order valence-corrected chi connectivity index (χ0v) is 13.5. The van der Waals surface area contributed by atoms with Crippen molar-refractivity contribution < 1.29 is 14.3 Å². The number of nitrogens with zero attached hydrogens (tertiary/aromatic N) is 2. The number of ether oxygens (including phenoxy) is 1. The molecule has 1 unspecified atom stereocenters. The Hall–Kier alpha value is -1.88. The maximum atomic E-state index is 12.0. The molecule has 0 radical (unpaired) electrons. The number of rotatable bonds is 3. The van der Waals surface area contributed by atoms with Gasteiger partial charge >= 0.3 is 6.09 Å². The van der Waals surface area contributed by atoms with Crippen molar-refractivity contribution in [2.45, 2.75) is 32.4 Å². The molecule has 0 spiro atoms. The van der Waals surface area contributed by atoms with Crippen LogP contribution in [0.15, 0.2) is 30.3 Å². The van der Waals surface area contributed by atoms with Gasteiger partial charge in [-0.25, -0.2) is 4.79 Å². The molecular formula is C17H24N2O3. The third-order valence-electron chi connectivity index (χ3n) is 3.63. The predicted molar refractivity (Wildman–Crippen MR) is 84.6 cm³/mol. The monoisotopic (exact) mass is 304 g/mol. The van der Waals surface area contributed by atoms with E-state index in [0.717, 1.165) is 11.8 Å². The molecule has 1 aliphatic rings. The van der Waals surface area contributed by atoms with Gasteiger partial charge in [0.1, 0.15) is 11.9 Å². The molecule has 5 nitrogen and oxygen atoms in total. The van der Waals surface area contributed by atoms with Gasteiger partial charge in [0.25, 0.3) is 0 Å². The van der Waals surface area contributed by atoms with Crippen LogP contribution in [0.1, 0.15) is 32.4 Å². The summed E-state index contributed by atoms with van der Waals surface area (Å²) in [6.45, 7) is 8.06. The lowest BCUT2D eigenvalue weighted by molar-refractivity contribution is -0.113. The summed E-state index contributed by atoms with van der Waals surface area (Å²) in [5, 5.41) is 0. The molecule has 0 aromatic heterocycles. The average Bonchev–Trinajstić information content (AvgIpc) is 2.48. The normalized spacial score (nSPS) is 17.9. The van der Waals surface area contributed by atoms with Gasteiger partial charge in [-0.3, -0.25) is 4.90 Å². The minimum absolute atomic E-state index is 0.248. The van der Waals surface area contributed by atoms with Crippen molar-refractivity contribution in [3.05, 3.63) is 35.9 Å². The highest BCUT2D eigenvalue weighted by molar-refractivity contribution is 5.68. The van der Waals surface area contributed by atoms with Crippen molar-refractivity contribution >= 4 is 12.4 Å². The number of carbonyl (C=O) groups is 2. The Bertz CT molecular complexity index is 502. The van der Waals surface area contributed by atoms with E-state index in [9.17, 15) is 9.59 Å². The van der Waals surface area contributed by atoms with Crippen LogP contribution in [0, 0.1) is 0 Å². The van der Waals surface area contributed by atoms with Gasteiger partial charge in [-0.1, -0.05) is 30.3 Å². The Morgan fingerprint density at radius 1 is 1.14 bits per heavy atom. The summed E-state index contributed by atoms with van der Waals surface area (Å²) in [6.07, 6.45) is 0.688. The third kappa shape index (κ3) is 4.31.